The predicted octanol–water partition coefficient (Wildman–Crippen LogP) is 4.86. The highest BCUT2D eigenvalue weighted by molar-refractivity contribution is 5.69. The molecule has 0 aliphatic rings. The molecule has 0 radical (unpaired) electrons. The highest BCUT2D eigenvalue weighted by Crippen LogP contribution is 2.25. The van der Waals surface area contributed by atoms with Crippen molar-refractivity contribution in [1.82, 2.24) is 4.98 Å². The van der Waals surface area contributed by atoms with Gasteiger partial charge in [0.05, 0.1) is 5.69 Å². The van der Waals surface area contributed by atoms with Crippen LogP contribution in [-0.2, 0) is 0 Å². The summed E-state index contributed by atoms with van der Waals surface area (Å²) in [4.78, 5) is 4.50. The summed E-state index contributed by atoms with van der Waals surface area (Å²) in [5, 5.41) is 0. The number of nitrogens with zero attached hydrogens (tertiary/aromatic N) is 1. The van der Waals surface area contributed by atoms with Crippen LogP contribution in [0.1, 0.15) is 5.56 Å². The highest BCUT2D eigenvalue weighted by Gasteiger charge is 2.04. The van der Waals surface area contributed by atoms with Gasteiger partial charge in [0, 0.05) is 17.3 Å². The molecule has 3 aromatic rings. The molecule has 0 aliphatic carbocycles. The van der Waals surface area contributed by atoms with E-state index in [-0.39, 0.29) is 5.82 Å². The van der Waals surface area contributed by atoms with E-state index in [1.54, 1.807) is 12.1 Å². The Kier molecular flexibility index (Phi) is 3.30. The second-order valence-electron chi connectivity index (χ2n) is 4.76. The molecule has 0 saturated carbocycles. The molecule has 1 aromatic heterocycles. The third-order valence-corrected chi connectivity index (χ3v) is 3.33. The zero-order chi connectivity index (χ0) is 13.9. The second-order valence-corrected chi connectivity index (χ2v) is 4.76. The minimum atomic E-state index is -0.208. The molecule has 20 heavy (non-hydrogen) atoms. The summed E-state index contributed by atoms with van der Waals surface area (Å²) < 4.78 is 13.1. The summed E-state index contributed by atoms with van der Waals surface area (Å²) in [5.41, 5.74) is 4.96. The van der Waals surface area contributed by atoms with E-state index in [1.165, 1.54) is 6.07 Å². The first-order valence-electron chi connectivity index (χ1n) is 6.52. The van der Waals surface area contributed by atoms with Crippen molar-refractivity contribution in [2.75, 3.05) is 0 Å². The number of halogens is 1. The molecular formula is C18H14FN. The largest absolute Gasteiger partial charge is 0.256 e. The number of pyridine rings is 1. The van der Waals surface area contributed by atoms with Gasteiger partial charge in [0.15, 0.2) is 0 Å². The molecule has 1 nitrogen and oxygen atoms in total. The second kappa shape index (κ2) is 5.25. The van der Waals surface area contributed by atoms with E-state index in [1.807, 2.05) is 55.6 Å². The van der Waals surface area contributed by atoms with Crippen molar-refractivity contribution in [3.05, 3.63) is 78.2 Å². The van der Waals surface area contributed by atoms with E-state index in [0.29, 0.717) is 0 Å². The first kappa shape index (κ1) is 12.5. The van der Waals surface area contributed by atoms with Crippen LogP contribution in [0.3, 0.4) is 0 Å². The van der Waals surface area contributed by atoms with E-state index in [0.717, 1.165) is 27.9 Å². The van der Waals surface area contributed by atoms with Crippen LogP contribution in [0.15, 0.2) is 66.9 Å². The molecule has 0 fully saturated rings. The number of rotatable bonds is 2. The fourth-order valence-electron chi connectivity index (χ4n) is 2.28. The lowest BCUT2D eigenvalue weighted by molar-refractivity contribution is 0.627. The molecule has 0 aliphatic heterocycles. The monoisotopic (exact) mass is 263 g/mol. The first-order valence-corrected chi connectivity index (χ1v) is 6.52. The van der Waals surface area contributed by atoms with Crippen molar-refractivity contribution in [2.45, 2.75) is 6.92 Å². The minimum absolute atomic E-state index is 0.208. The smallest absolute Gasteiger partial charge is 0.123 e. The van der Waals surface area contributed by atoms with Gasteiger partial charge >= 0.3 is 0 Å². The summed E-state index contributed by atoms with van der Waals surface area (Å²) in [6.45, 7) is 1.91. The van der Waals surface area contributed by atoms with E-state index in [2.05, 4.69) is 4.98 Å². The molecule has 0 atom stereocenters. The molecule has 0 bridgehead atoms. The average Bonchev–Trinajstić information content (AvgIpc) is 2.48. The van der Waals surface area contributed by atoms with Gasteiger partial charge in [-0.3, -0.25) is 4.98 Å². The molecule has 0 saturated heterocycles. The van der Waals surface area contributed by atoms with Crippen molar-refractivity contribution >= 4 is 0 Å². The lowest BCUT2D eigenvalue weighted by Gasteiger charge is -2.07. The predicted molar refractivity (Wildman–Crippen MR) is 79.8 cm³/mol. The van der Waals surface area contributed by atoms with Crippen LogP contribution in [0.25, 0.3) is 22.4 Å². The Labute approximate surface area is 117 Å². The van der Waals surface area contributed by atoms with Crippen molar-refractivity contribution < 1.29 is 4.39 Å². The Morgan fingerprint density at radius 2 is 1.65 bits per heavy atom. The summed E-state index contributed by atoms with van der Waals surface area (Å²) in [6, 6.07) is 18.9. The third-order valence-electron chi connectivity index (χ3n) is 3.33. The lowest BCUT2D eigenvalue weighted by Crippen LogP contribution is -1.88. The maximum Gasteiger partial charge on any atom is 0.123 e. The molecule has 0 unspecified atom stereocenters. The lowest BCUT2D eigenvalue weighted by atomic mass is 10.0. The Balaban J connectivity index is 1.97. The van der Waals surface area contributed by atoms with Gasteiger partial charge in [-0.15, -0.1) is 0 Å². The molecule has 0 spiro atoms. The summed E-state index contributed by atoms with van der Waals surface area (Å²) in [7, 11) is 0. The van der Waals surface area contributed by atoms with Crippen molar-refractivity contribution in [2.24, 2.45) is 0 Å². The van der Waals surface area contributed by atoms with Gasteiger partial charge in [0.1, 0.15) is 5.82 Å². The Morgan fingerprint density at radius 3 is 2.30 bits per heavy atom. The van der Waals surface area contributed by atoms with Gasteiger partial charge in [0.2, 0.25) is 0 Å². The Morgan fingerprint density at radius 1 is 0.850 bits per heavy atom. The fraction of sp³-hybridized carbons (Fsp3) is 0.0556. The topological polar surface area (TPSA) is 12.9 Å². The van der Waals surface area contributed by atoms with Crippen LogP contribution in [0.2, 0.25) is 0 Å². The van der Waals surface area contributed by atoms with Gasteiger partial charge in [-0.1, -0.05) is 42.5 Å². The summed E-state index contributed by atoms with van der Waals surface area (Å²) >= 11 is 0. The molecule has 0 amide bonds. The highest BCUT2D eigenvalue weighted by atomic mass is 19.1. The molecule has 2 heteroatoms. The number of hydrogen-bond acceptors (Lipinski definition) is 1. The van der Waals surface area contributed by atoms with E-state index in [4.69, 9.17) is 0 Å². The minimum Gasteiger partial charge on any atom is -0.256 e. The van der Waals surface area contributed by atoms with Crippen molar-refractivity contribution in [1.29, 1.82) is 0 Å². The summed E-state index contributed by atoms with van der Waals surface area (Å²) in [6.07, 6.45) is 1.84. The first-order chi connectivity index (χ1) is 9.74. The fourth-order valence-corrected chi connectivity index (χ4v) is 2.28. The molecule has 2 aromatic carbocycles. The normalized spacial score (nSPS) is 10.5. The van der Waals surface area contributed by atoms with Gasteiger partial charge in [-0.2, -0.15) is 0 Å². The zero-order valence-electron chi connectivity index (χ0n) is 11.2. The SMILES string of the molecule is Cc1cc(F)ccc1-c1ccc(-c2ccccc2)nc1. The third kappa shape index (κ3) is 2.45. The maximum absolute atomic E-state index is 13.1. The van der Waals surface area contributed by atoms with Gasteiger partial charge < -0.3 is 0 Å². The van der Waals surface area contributed by atoms with Gasteiger partial charge in [0.25, 0.3) is 0 Å². The molecule has 98 valence electrons. The van der Waals surface area contributed by atoms with E-state index >= 15 is 0 Å². The molecule has 3 rings (SSSR count). The zero-order valence-corrected chi connectivity index (χ0v) is 11.2. The Hall–Kier alpha value is -2.48. The van der Waals surface area contributed by atoms with Crippen LogP contribution in [0, 0.1) is 12.7 Å². The number of aryl methyl sites for hydroxylation is 1. The Bertz CT molecular complexity index is 718. The number of benzene rings is 2. The van der Waals surface area contributed by atoms with Crippen LogP contribution < -0.4 is 0 Å². The molecular weight excluding hydrogens is 249 g/mol. The average molecular weight is 263 g/mol. The van der Waals surface area contributed by atoms with E-state index < -0.39 is 0 Å². The van der Waals surface area contributed by atoms with Crippen LogP contribution >= 0.6 is 0 Å². The quantitative estimate of drug-likeness (QED) is 0.643. The van der Waals surface area contributed by atoms with Gasteiger partial charge in [-0.25, -0.2) is 4.39 Å². The van der Waals surface area contributed by atoms with Crippen LogP contribution in [0.5, 0.6) is 0 Å². The van der Waals surface area contributed by atoms with Crippen LogP contribution in [-0.4, -0.2) is 4.98 Å². The van der Waals surface area contributed by atoms with Crippen molar-refractivity contribution in [3.63, 3.8) is 0 Å². The summed E-state index contributed by atoms with van der Waals surface area (Å²) in [5.74, 6) is -0.208. The standard InChI is InChI=1S/C18H14FN/c1-13-11-16(19)8-9-17(13)15-7-10-18(20-12-15)14-5-3-2-4-6-14/h2-12H,1H3. The van der Waals surface area contributed by atoms with Crippen LogP contribution in [0.4, 0.5) is 4.39 Å². The van der Waals surface area contributed by atoms with E-state index in [9.17, 15) is 4.39 Å². The molecule has 0 N–H and O–H groups in total. The van der Waals surface area contributed by atoms with Crippen molar-refractivity contribution in [3.8, 4) is 22.4 Å². The maximum atomic E-state index is 13.1. The van der Waals surface area contributed by atoms with Gasteiger partial charge in [-0.05, 0) is 36.2 Å². The number of hydrogen-bond donors (Lipinski definition) is 0. The molecule has 1 heterocycles. The number of aromatic nitrogens is 1.